The average molecular weight is 430 g/mol. The summed E-state index contributed by atoms with van der Waals surface area (Å²) in [6.45, 7) is 6.62. The van der Waals surface area contributed by atoms with Crippen molar-refractivity contribution in [3.05, 3.63) is 88.9 Å². The highest BCUT2D eigenvalue weighted by Gasteiger charge is 2.28. The third kappa shape index (κ3) is 4.30. The Morgan fingerprint density at radius 1 is 1.00 bits per heavy atom. The van der Waals surface area contributed by atoms with E-state index < -0.39 is 0 Å². The third-order valence-electron chi connectivity index (χ3n) is 6.80. The molecule has 0 aliphatic carbocycles. The number of benzene rings is 2. The van der Waals surface area contributed by atoms with Crippen LogP contribution in [0.3, 0.4) is 0 Å². The van der Waals surface area contributed by atoms with Gasteiger partial charge in [0.15, 0.2) is 0 Å². The molecule has 0 spiro atoms. The molecule has 1 amide bonds. The van der Waals surface area contributed by atoms with Crippen LogP contribution in [0.5, 0.6) is 0 Å². The maximum Gasteiger partial charge on any atom is 0.255 e. The topological polar surface area (TPSA) is 48.7 Å². The maximum absolute atomic E-state index is 13.1. The lowest BCUT2D eigenvalue weighted by Gasteiger charge is -2.24. The molecule has 3 aromatic rings. The molecule has 0 saturated carbocycles. The number of furan rings is 1. The number of fused-ring (bicyclic) bond motifs is 1. The fraction of sp³-hybridized carbons (Fsp3) is 0.370. The first-order valence-corrected chi connectivity index (χ1v) is 11.7. The molecule has 1 unspecified atom stereocenters. The second-order valence-corrected chi connectivity index (χ2v) is 9.00. The summed E-state index contributed by atoms with van der Waals surface area (Å²) < 4.78 is 5.77. The summed E-state index contributed by atoms with van der Waals surface area (Å²) in [5.74, 6) is 0.640. The number of para-hydroxylation sites is 1. The molecule has 2 aliphatic rings. The second-order valence-electron chi connectivity index (χ2n) is 9.00. The Morgan fingerprint density at radius 3 is 2.59 bits per heavy atom. The van der Waals surface area contributed by atoms with Crippen molar-refractivity contribution in [3.8, 4) is 0 Å². The smallest absolute Gasteiger partial charge is 0.255 e. The van der Waals surface area contributed by atoms with E-state index in [9.17, 15) is 4.79 Å². The molecular formula is C27H31N3O2. The van der Waals surface area contributed by atoms with Crippen LogP contribution in [0.1, 0.15) is 52.6 Å². The number of rotatable bonds is 7. The molecule has 1 atom stereocenters. The lowest BCUT2D eigenvalue weighted by Crippen LogP contribution is -2.30. The van der Waals surface area contributed by atoms with Crippen LogP contribution in [-0.2, 0) is 26.1 Å². The SMILES string of the molecule is CC1Cc2ccccc2N1Cc1occc1C(=O)NCc1ccccc1CN1CCCC1. The molecule has 2 aromatic carbocycles. The standard InChI is InChI=1S/C27H31N3O2/c1-20-16-21-8-4-5-11-25(21)30(20)19-26-24(12-15-32-26)27(31)28-17-22-9-2-3-10-23(22)18-29-13-6-7-14-29/h2-5,8-12,15,20H,6-7,13-14,16-19H2,1H3,(H,28,31). The Hall–Kier alpha value is -3.05. The van der Waals surface area contributed by atoms with Crippen molar-refractivity contribution in [2.45, 2.75) is 51.9 Å². The molecule has 1 saturated heterocycles. The van der Waals surface area contributed by atoms with E-state index in [1.165, 1.54) is 35.2 Å². The van der Waals surface area contributed by atoms with Crippen LogP contribution in [0, 0.1) is 0 Å². The van der Waals surface area contributed by atoms with Gasteiger partial charge < -0.3 is 14.6 Å². The van der Waals surface area contributed by atoms with E-state index in [0.29, 0.717) is 24.7 Å². The number of anilines is 1. The van der Waals surface area contributed by atoms with Crippen LogP contribution in [0.2, 0.25) is 0 Å². The molecule has 0 radical (unpaired) electrons. The predicted octanol–water partition coefficient (Wildman–Crippen LogP) is 4.76. The van der Waals surface area contributed by atoms with Crippen LogP contribution < -0.4 is 10.2 Å². The van der Waals surface area contributed by atoms with Gasteiger partial charge in [0.2, 0.25) is 0 Å². The number of carbonyl (C=O) groups is 1. The first kappa shape index (κ1) is 20.8. The number of carbonyl (C=O) groups excluding carboxylic acids is 1. The van der Waals surface area contributed by atoms with E-state index >= 15 is 0 Å². The van der Waals surface area contributed by atoms with Gasteiger partial charge in [-0.15, -0.1) is 0 Å². The summed E-state index contributed by atoms with van der Waals surface area (Å²) in [6.07, 6.45) is 5.20. The zero-order chi connectivity index (χ0) is 21.9. The van der Waals surface area contributed by atoms with Crippen LogP contribution in [0.15, 0.2) is 65.3 Å². The Balaban J connectivity index is 1.26. The summed E-state index contributed by atoms with van der Waals surface area (Å²) in [5.41, 5.74) is 5.69. The fourth-order valence-corrected chi connectivity index (χ4v) is 5.03. The van der Waals surface area contributed by atoms with E-state index in [-0.39, 0.29) is 5.91 Å². The first-order valence-electron chi connectivity index (χ1n) is 11.7. The molecule has 5 nitrogen and oxygen atoms in total. The summed E-state index contributed by atoms with van der Waals surface area (Å²) in [4.78, 5) is 17.9. The van der Waals surface area contributed by atoms with Crippen LogP contribution in [0.25, 0.3) is 0 Å². The molecule has 1 N–H and O–H groups in total. The molecule has 0 bridgehead atoms. The molecule has 1 aromatic heterocycles. The van der Waals surface area contributed by atoms with Crippen molar-refractivity contribution in [1.29, 1.82) is 0 Å². The number of nitrogens with zero attached hydrogens (tertiary/aromatic N) is 2. The van der Waals surface area contributed by atoms with E-state index in [1.807, 2.05) is 6.07 Å². The zero-order valence-corrected chi connectivity index (χ0v) is 18.7. The summed E-state index contributed by atoms with van der Waals surface area (Å²) >= 11 is 0. The Bertz CT molecular complexity index is 1080. The van der Waals surface area contributed by atoms with Gasteiger partial charge in [-0.25, -0.2) is 0 Å². The van der Waals surface area contributed by atoms with Gasteiger partial charge in [0.1, 0.15) is 5.76 Å². The number of likely N-dealkylation sites (tertiary alicyclic amines) is 1. The number of hydrogen-bond donors (Lipinski definition) is 1. The average Bonchev–Trinajstić information content (AvgIpc) is 3.55. The molecule has 5 heteroatoms. The van der Waals surface area contributed by atoms with Crippen LogP contribution >= 0.6 is 0 Å². The van der Waals surface area contributed by atoms with Crippen molar-refractivity contribution in [1.82, 2.24) is 10.2 Å². The highest BCUT2D eigenvalue weighted by Crippen LogP contribution is 2.33. The van der Waals surface area contributed by atoms with Gasteiger partial charge in [-0.05, 0) is 68.1 Å². The van der Waals surface area contributed by atoms with Crippen molar-refractivity contribution in [2.24, 2.45) is 0 Å². The Morgan fingerprint density at radius 2 is 1.75 bits per heavy atom. The zero-order valence-electron chi connectivity index (χ0n) is 18.7. The van der Waals surface area contributed by atoms with Gasteiger partial charge in [0, 0.05) is 24.8 Å². The lowest BCUT2D eigenvalue weighted by atomic mass is 10.1. The first-order chi connectivity index (χ1) is 15.7. The minimum absolute atomic E-state index is 0.0788. The van der Waals surface area contributed by atoms with Crippen molar-refractivity contribution in [3.63, 3.8) is 0 Å². The number of nitrogens with one attached hydrogen (secondary N) is 1. The molecular weight excluding hydrogens is 398 g/mol. The molecule has 2 aliphatic heterocycles. The molecule has 3 heterocycles. The van der Waals surface area contributed by atoms with E-state index in [2.05, 4.69) is 64.5 Å². The van der Waals surface area contributed by atoms with Crippen LogP contribution in [-0.4, -0.2) is 29.9 Å². The molecule has 166 valence electrons. The van der Waals surface area contributed by atoms with Crippen LogP contribution in [0.4, 0.5) is 5.69 Å². The van der Waals surface area contributed by atoms with Crippen molar-refractivity contribution < 1.29 is 9.21 Å². The Kier molecular flexibility index (Phi) is 5.99. The van der Waals surface area contributed by atoms with E-state index in [1.54, 1.807) is 12.3 Å². The van der Waals surface area contributed by atoms with E-state index in [4.69, 9.17) is 4.42 Å². The molecule has 1 fully saturated rings. The minimum atomic E-state index is -0.0788. The second kappa shape index (κ2) is 9.21. The molecule has 32 heavy (non-hydrogen) atoms. The monoisotopic (exact) mass is 429 g/mol. The van der Waals surface area contributed by atoms with Crippen molar-refractivity contribution >= 4 is 11.6 Å². The predicted molar refractivity (Wildman–Crippen MR) is 127 cm³/mol. The highest BCUT2D eigenvalue weighted by molar-refractivity contribution is 5.95. The quantitative estimate of drug-likeness (QED) is 0.589. The van der Waals surface area contributed by atoms with Crippen molar-refractivity contribution in [2.75, 3.05) is 18.0 Å². The highest BCUT2D eigenvalue weighted by atomic mass is 16.3. The van der Waals surface area contributed by atoms with E-state index in [0.717, 1.165) is 31.8 Å². The fourth-order valence-electron chi connectivity index (χ4n) is 5.03. The lowest BCUT2D eigenvalue weighted by molar-refractivity contribution is 0.0948. The number of amides is 1. The Labute approximate surface area is 190 Å². The summed E-state index contributed by atoms with van der Waals surface area (Å²) in [5, 5.41) is 3.13. The van der Waals surface area contributed by atoms with Gasteiger partial charge in [-0.3, -0.25) is 9.69 Å². The van der Waals surface area contributed by atoms with Gasteiger partial charge in [0.25, 0.3) is 5.91 Å². The third-order valence-corrected chi connectivity index (χ3v) is 6.80. The maximum atomic E-state index is 13.1. The van der Waals surface area contributed by atoms with Gasteiger partial charge in [-0.2, -0.15) is 0 Å². The summed E-state index contributed by atoms with van der Waals surface area (Å²) in [6, 6.07) is 19.1. The van der Waals surface area contributed by atoms with Gasteiger partial charge in [0.05, 0.1) is 18.4 Å². The van der Waals surface area contributed by atoms with Gasteiger partial charge >= 0.3 is 0 Å². The normalized spacial score (nSPS) is 18.2. The largest absolute Gasteiger partial charge is 0.467 e. The van der Waals surface area contributed by atoms with Gasteiger partial charge in [-0.1, -0.05) is 42.5 Å². The minimum Gasteiger partial charge on any atom is -0.467 e. The molecule has 5 rings (SSSR count). The number of hydrogen-bond acceptors (Lipinski definition) is 4. The summed E-state index contributed by atoms with van der Waals surface area (Å²) in [7, 11) is 0.